The number of non-ortho nitro benzene ring substituents is 1. The van der Waals surface area contributed by atoms with E-state index in [1.807, 2.05) is 0 Å². The van der Waals surface area contributed by atoms with Gasteiger partial charge in [-0.2, -0.15) is 0 Å². The minimum Gasteiger partial charge on any atom is -0.493 e. The van der Waals surface area contributed by atoms with Crippen LogP contribution in [0.2, 0.25) is 0 Å². The van der Waals surface area contributed by atoms with Gasteiger partial charge in [0, 0.05) is 17.7 Å². The van der Waals surface area contributed by atoms with Gasteiger partial charge in [0.15, 0.2) is 11.5 Å². The zero-order valence-corrected chi connectivity index (χ0v) is 13.7. The number of halogens is 1. The first kappa shape index (κ1) is 16.8. The van der Waals surface area contributed by atoms with Crippen molar-refractivity contribution in [1.29, 1.82) is 0 Å². The Hall–Kier alpha value is -2.61. The third-order valence-electron chi connectivity index (χ3n) is 2.96. The van der Waals surface area contributed by atoms with E-state index in [2.05, 4.69) is 21.1 Å². The summed E-state index contributed by atoms with van der Waals surface area (Å²) in [6.45, 7) is 0.143. The molecule has 120 valence electrons. The molecule has 0 fully saturated rings. The summed E-state index contributed by atoms with van der Waals surface area (Å²) in [5.74, 6) is 0.897. The number of nitrogens with zero attached hydrogens (tertiary/aromatic N) is 2. The van der Waals surface area contributed by atoms with E-state index in [0.29, 0.717) is 27.1 Å². The summed E-state index contributed by atoms with van der Waals surface area (Å²) >= 11 is 3.36. The van der Waals surface area contributed by atoms with Crippen LogP contribution in [0.3, 0.4) is 0 Å². The third kappa shape index (κ3) is 4.19. The zero-order chi connectivity index (χ0) is 16.8. The van der Waals surface area contributed by atoms with Crippen LogP contribution in [0.5, 0.6) is 11.5 Å². The van der Waals surface area contributed by atoms with Crippen LogP contribution in [0.1, 0.15) is 11.1 Å². The Morgan fingerprint density at radius 2 is 2.17 bits per heavy atom. The van der Waals surface area contributed by atoms with Crippen LogP contribution in [0.15, 0.2) is 46.0 Å². The molecule has 0 aliphatic heterocycles. The van der Waals surface area contributed by atoms with Gasteiger partial charge >= 0.3 is 0 Å². The molecule has 0 aliphatic rings. The normalized spacial score (nSPS) is 10.7. The lowest BCUT2D eigenvalue weighted by Gasteiger charge is -2.13. The van der Waals surface area contributed by atoms with Gasteiger partial charge in [-0.1, -0.05) is 17.3 Å². The van der Waals surface area contributed by atoms with Gasteiger partial charge in [0.2, 0.25) is 0 Å². The number of ether oxygens (including phenoxy) is 2. The van der Waals surface area contributed by atoms with Gasteiger partial charge in [-0.25, -0.2) is 0 Å². The molecule has 0 saturated carbocycles. The molecule has 0 amide bonds. The summed E-state index contributed by atoms with van der Waals surface area (Å²) < 4.78 is 11.6. The Balaban J connectivity index is 2.23. The molecule has 7 nitrogen and oxygen atoms in total. The highest BCUT2D eigenvalue weighted by Gasteiger charge is 2.12. The number of benzene rings is 2. The van der Waals surface area contributed by atoms with Crippen LogP contribution < -0.4 is 9.47 Å². The van der Waals surface area contributed by atoms with E-state index in [4.69, 9.17) is 14.7 Å². The highest BCUT2D eigenvalue weighted by Crippen LogP contribution is 2.37. The van der Waals surface area contributed by atoms with Gasteiger partial charge < -0.3 is 14.7 Å². The lowest BCUT2D eigenvalue weighted by atomic mass is 10.2. The van der Waals surface area contributed by atoms with Gasteiger partial charge in [0.1, 0.15) is 6.61 Å². The molecule has 0 spiro atoms. The Kier molecular flexibility index (Phi) is 5.53. The maximum absolute atomic E-state index is 10.8. The van der Waals surface area contributed by atoms with Gasteiger partial charge in [0.05, 0.1) is 22.7 Å². The first-order chi connectivity index (χ1) is 11.0. The van der Waals surface area contributed by atoms with Crippen molar-refractivity contribution >= 4 is 27.8 Å². The average Bonchev–Trinajstić information content (AvgIpc) is 2.54. The molecule has 23 heavy (non-hydrogen) atoms. The monoisotopic (exact) mass is 380 g/mol. The number of nitro benzene ring substituents is 1. The van der Waals surface area contributed by atoms with Crippen molar-refractivity contribution in [2.45, 2.75) is 6.61 Å². The maximum atomic E-state index is 10.8. The molecule has 0 atom stereocenters. The standard InChI is InChI=1S/C15H13BrN2O5/c1-22-14-7-11(8-17-19)6-13(16)15(14)23-9-10-3-2-4-12(5-10)18(20)21/h2-8,19H,9H2,1H3/b17-8-. The van der Waals surface area contributed by atoms with E-state index in [0.717, 1.165) is 0 Å². The van der Waals surface area contributed by atoms with Crippen LogP contribution in [0, 0.1) is 10.1 Å². The summed E-state index contributed by atoms with van der Waals surface area (Å²) in [6, 6.07) is 9.55. The van der Waals surface area contributed by atoms with Crippen molar-refractivity contribution in [1.82, 2.24) is 0 Å². The smallest absolute Gasteiger partial charge is 0.269 e. The minimum absolute atomic E-state index is 0.00614. The van der Waals surface area contributed by atoms with Gasteiger partial charge in [-0.05, 0) is 33.6 Å². The Morgan fingerprint density at radius 3 is 2.83 bits per heavy atom. The maximum Gasteiger partial charge on any atom is 0.269 e. The van der Waals surface area contributed by atoms with Crippen molar-refractivity contribution in [3.8, 4) is 11.5 Å². The van der Waals surface area contributed by atoms with Gasteiger partial charge in [-0.3, -0.25) is 10.1 Å². The molecule has 0 heterocycles. The van der Waals surface area contributed by atoms with Crippen LogP contribution in [-0.4, -0.2) is 23.5 Å². The van der Waals surface area contributed by atoms with E-state index in [1.54, 1.807) is 24.3 Å². The fraction of sp³-hybridized carbons (Fsp3) is 0.133. The SMILES string of the molecule is COc1cc(/C=N\O)cc(Br)c1OCc1cccc([N+](=O)[O-])c1. The van der Waals surface area contributed by atoms with Crippen LogP contribution >= 0.6 is 15.9 Å². The van der Waals surface area contributed by atoms with Gasteiger partial charge in [-0.15, -0.1) is 0 Å². The van der Waals surface area contributed by atoms with E-state index in [-0.39, 0.29) is 12.3 Å². The highest BCUT2D eigenvalue weighted by atomic mass is 79.9. The van der Waals surface area contributed by atoms with E-state index < -0.39 is 4.92 Å². The van der Waals surface area contributed by atoms with Crippen LogP contribution in [-0.2, 0) is 6.61 Å². The largest absolute Gasteiger partial charge is 0.493 e. The lowest BCUT2D eigenvalue weighted by molar-refractivity contribution is -0.384. The van der Waals surface area contributed by atoms with Crippen LogP contribution in [0.4, 0.5) is 5.69 Å². The minimum atomic E-state index is -0.455. The van der Waals surface area contributed by atoms with Crippen molar-refractivity contribution in [3.05, 3.63) is 62.1 Å². The summed E-state index contributed by atoms with van der Waals surface area (Å²) in [5, 5.41) is 22.3. The Labute approximate surface area is 140 Å². The van der Waals surface area contributed by atoms with Crippen LogP contribution in [0.25, 0.3) is 0 Å². The van der Waals surface area contributed by atoms with Crippen molar-refractivity contribution < 1.29 is 19.6 Å². The summed E-state index contributed by atoms with van der Waals surface area (Å²) in [7, 11) is 1.49. The van der Waals surface area contributed by atoms with Crippen molar-refractivity contribution in [2.24, 2.45) is 5.16 Å². The molecule has 1 N–H and O–H groups in total. The van der Waals surface area contributed by atoms with E-state index in [1.165, 1.54) is 25.5 Å². The van der Waals surface area contributed by atoms with Crippen molar-refractivity contribution in [3.63, 3.8) is 0 Å². The number of hydrogen-bond donors (Lipinski definition) is 1. The fourth-order valence-electron chi connectivity index (χ4n) is 1.94. The van der Waals surface area contributed by atoms with Gasteiger partial charge in [0.25, 0.3) is 5.69 Å². The molecule has 0 aliphatic carbocycles. The molecule has 0 bridgehead atoms. The summed E-state index contributed by atoms with van der Waals surface area (Å²) in [6.07, 6.45) is 1.26. The quantitative estimate of drug-likeness (QED) is 0.356. The topological polar surface area (TPSA) is 94.2 Å². The predicted molar refractivity (Wildman–Crippen MR) is 87.5 cm³/mol. The summed E-state index contributed by atoms with van der Waals surface area (Å²) in [4.78, 5) is 10.3. The van der Waals surface area contributed by atoms with Crippen molar-refractivity contribution in [2.75, 3.05) is 7.11 Å². The number of hydrogen-bond acceptors (Lipinski definition) is 6. The second kappa shape index (κ2) is 7.59. The first-order valence-corrected chi connectivity index (χ1v) is 7.25. The first-order valence-electron chi connectivity index (χ1n) is 6.46. The highest BCUT2D eigenvalue weighted by molar-refractivity contribution is 9.10. The predicted octanol–water partition coefficient (Wildman–Crippen LogP) is 3.75. The zero-order valence-electron chi connectivity index (χ0n) is 12.1. The third-order valence-corrected chi connectivity index (χ3v) is 3.55. The summed E-state index contributed by atoms with van der Waals surface area (Å²) in [5.41, 5.74) is 1.29. The number of methoxy groups -OCH3 is 1. The lowest BCUT2D eigenvalue weighted by Crippen LogP contribution is -2.00. The molecular formula is C15H13BrN2O5. The molecule has 2 aromatic rings. The average molecular weight is 381 g/mol. The second-order valence-electron chi connectivity index (χ2n) is 4.49. The molecule has 0 aromatic heterocycles. The molecule has 0 radical (unpaired) electrons. The molecule has 0 saturated heterocycles. The number of nitro groups is 1. The molecule has 2 rings (SSSR count). The molecule has 8 heteroatoms. The number of oxime groups is 1. The number of rotatable bonds is 6. The Bertz CT molecular complexity index is 749. The Morgan fingerprint density at radius 1 is 1.39 bits per heavy atom. The van der Waals surface area contributed by atoms with E-state index >= 15 is 0 Å². The molecule has 0 unspecified atom stereocenters. The second-order valence-corrected chi connectivity index (χ2v) is 5.35. The molecule has 2 aromatic carbocycles. The molecular weight excluding hydrogens is 368 g/mol. The van der Waals surface area contributed by atoms with E-state index in [9.17, 15) is 10.1 Å². The fourth-order valence-corrected chi connectivity index (χ4v) is 2.51.